The minimum atomic E-state index is -0.205. The zero-order valence-electron chi connectivity index (χ0n) is 11.0. The van der Waals surface area contributed by atoms with E-state index in [1.165, 1.54) is 0 Å². The zero-order valence-corrected chi connectivity index (χ0v) is 11.0. The molecule has 102 valence electrons. The van der Waals surface area contributed by atoms with E-state index in [1.807, 2.05) is 6.07 Å². The summed E-state index contributed by atoms with van der Waals surface area (Å²) in [7, 11) is 0. The molecule has 0 unspecified atom stereocenters. The predicted octanol–water partition coefficient (Wildman–Crippen LogP) is 1.88. The summed E-state index contributed by atoms with van der Waals surface area (Å²) in [4.78, 5) is 11.5. The Kier molecular flexibility index (Phi) is 5.71. The Bertz CT molecular complexity index is 347. The van der Waals surface area contributed by atoms with E-state index in [0.29, 0.717) is 13.1 Å². The van der Waals surface area contributed by atoms with Crippen LogP contribution in [0.2, 0.25) is 0 Å². The van der Waals surface area contributed by atoms with Crippen molar-refractivity contribution in [2.24, 2.45) is 5.41 Å². The largest absolute Gasteiger partial charge is 0.467 e. The Morgan fingerprint density at radius 2 is 2.22 bits per heavy atom. The summed E-state index contributed by atoms with van der Waals surface area (Å²) in [5.41, 5.74) is -0.00917. The monoisotopic (exact) mass is 254 g/mol. The smallest absolute Gasteiger partial charge is 0.315 e. The van der Waals surface area contributed by atoms with Gasteiger partial charge in [-0.05, 0) is 30.4 Å². The molecule has 0 aliphatic carbocycles. The molecule has 0 aliphatic heterocycles. The Morgan fingerprint density at radius 3 is 2.83 bits per heavy atom. The van der Waals surface area contributed by atoms with Crippen LogP contribution < -0.4 is 10.6 Å². The van der Waals surface area contributed by atoms with Gasteiger partial charge in [0.2, 0.25) is 0 Å². The molecule has 0 aliphatic rings. The summed E-state index contributed by atoms with van der Waals surface area (Å²) in [6.45, 7) is 5.28. The molecule has 0 spiro atoms. The third kappa shape index (κ3) is 5.72. The molecule has 0 radical (unpaired) electrons. The third-order valence-electron chi connectivity index (χ3n) is 2.74. The second kappa shape index (κ2) is 7.06. The molecule has 1 aromatic heterocycles. The molecule has 0 saturated carbocycles. The van der Waals surface area contributed by atoms with Crippen LogP contribution in [0.15, 0.2) is 22.8 Å². The van der Waals surface area contributed by atoms with E-state index >= 15 is 0 Å². The van der Waals surface area contributed by atoms with Crippen molar-refractivity contribution in [2.45, 2.75) is 33.2 Å². The van der Waals surface area contributed by atoms with E-state index < -0.39 is 0 Å². The molecule has 5 nitrogen and oxygen atoms in total. The Morgan fingerprint density at radius 1 is 1.44 bits per heavy atom. The maximum absolute atomic E-state index is 11.5. The van der Waals surface area contributed by atoms with Crippen molar-refractivity contribution in [1.29, 1.82) is 0 Å². The fourth-order valence-electron chi connectivity index (χ4n) is 1.61. The first-order valence-corrected chi connectivity index (χ1v) is 6.18. The molecule has 1 rings (SSSR count). The van der Waals surface area contributed by atoms with Gasteiger partial charge in [-0.3, -0.25) is 0 Å². The van der Waals surface area contributed by atoms with Gasteiger partial charge in [0.15, 0.2) is 0 Å². The fourth-order valence-corrected chi connectivity index (χ4v) is 1.61. The fraction of sp³-hybridized carbons (Fsp3) is 0.615. The number of amides is 2. The number of hydrogen-bond donors (Lipinski definition) is 3. The predicted molar refractivity (Wildman–Crippen MR) is 69.0 cm³/mol. The average molecular weight is 254 g/mol. The van der Waals surface area contributed by atoms with Crippen molar-refractivity contribution < 1.29 is 14.3 Å². The van der Waals surface area contributed by atoms with Crippen molar-refractivity contribution in [2.75, 3.05) is 13.2 Å². The topological polar surface area (TPSA) is 74.5 Å². The Labute approximate surface area is 108 Å². The molecule has 1 heterocycles. The minimum Gasteiger partial charge on any atom is -0.467 e. The van der Waals surface area contributed by atoms with Crippen LogP contribution in [0.1, 0.15) is 32.4 Å². The zero-order chi connectivity index (χ0) is 13.4. The van der Waals surface area contributed by atoms with Crippen LogP contribution in [0.4, 0.5) is 4.79 Å². The molecule has 5 heteroatoms. The lowest BCUT2D eigenvalue weighted by Crippen LogP contribution is -2.40. The molecular formula is C13H22N2O3. The van der Waals surface area contributed by atoms with Crippen molar-refractivity contribution in [3.8, 4) is 0 Å². The summed E-state index contributed by atoms with van der Waals surface area (Å²) in [5.74, 6) is 0.727. The van der Waals surface area contributed by atoms with Gasteiger partial charge >= 0.3 is 6.03 Å². The summed E-state index contributed by atoms with van der Waals surface area (Å²) in [5, 5.41) is 14.3. The maximum atomic E-state index is 11.5. The number of hydrogen-bond acceptors (Lipinski definition) is 3. The van der Waals surface area contributed by atoms with Gasteiger partial charge in [0.25, 0.3) is 0 Å². The molecule has 3 N–H and O–H groups in total. The van der Waals surface area contributed by atoms with Crippen LogP contribution in [0.25, 0.3) is 0 Å². The van der Waals surface area contributed by atoms with E-state index in [1.54, 1.807) is 12.3 Å². The highest BCUT2D eigenvalue weighted by atomic mass is 16.3. The number of aliphatic hydroxyl groups excluding tert-OH is 1. The second-order valence-corrected chi connectivity index (χ2v) is 5.11. The van der Waals surface area contributed by atoms with Crippen LogP contribution in [-0.4, -0.2) is 24.3 Å². The lowest BCUT2D eigenvalue weighted by Gasteiger charge is -2.24. The summed E-state index contributed by atoms with van der Waals surface area (Å²) in [6.07, 6.45) is 3.21. The standard InChI is InChI=1S/C13H22N2O3/c1-13(2,6-4-7-16)10-15-12(17)14-9-11-5-3-8-18-11/h3,5,8,16H,4,6-7,9-10H2,1-2H3,(H2,14,15,17). The number of carbonyl (C=O) groups excluding carboxylic acids is 1. The van der Waals surface area contributed by atoms with Gasteiger partial charge in [-0.2, -0.15) is 0 Å². The molecule has 0 saturated heterocycles. The van der Waals surface area contributed by atoms with Crippen LogP contribution in [-0.2, 0) is 6.54 Å². The molecule has 0 atom stereocenters. The van der Waals surface area contributed by atoms with Gasteiger partial charge < -0.3 is 20.2 Å². The first kappa shape index (κ1) is 14.6. The highest BCUT2D eigenvalue weighted by Crippen LogP contribution is 2.20. The second-order valence-electron chi connectivity index (χ2n) is 5.11. The van der Waals surface area contributed by atoms with E-state index in [-0.39, 0.29) is 18.1 Å². The number of furan rings is 1. The van der Waals surface area contributed by atoms with Crippen molar-refractivity contribution >= 4 is 6.03 Å². The van der Waals surface area contributed by atoms with Gasteiger partial charge in [-0.1, -0.05) is 13.8 Å². The molecule has 0 aromatic carbocycles. The molecule has 2 amide bonds. The van der Waals surface area contributed by atoms with Gasteiger partial charge in [-0.25, -0.2) is 4.79 Å². The van der Waals surface area contributed by atoms with E-state index in [2.05, 4.69) is 24.5 Å². The van der Waals surface area contributed by atoms with E-state index in [9.17, 15) is 4.79 Å². The van der Waals surface area contributed by atoms with Gasteiger partial charge in [-0.15, -0.1) is 0 Å². The van der Waals surface area contributed by atoms with Gasteiger partial charge in [0, 0.05) is 13.2 Å². The molecule has 0 fully saturated rings. The van der Waals surface area contributed by atoms with Crippen molar-refractivity contribution in [3.05, 3.63) is 24.2 Å². The quantitative estimate of drug-likeness (QED) is 0.695. The Hall–Kier alpha value is -1.49. The molecule has 18 heavy (non-hydrogen) atoms. The van der Waals surface area contributed by atoms with Crippen molar-refractivity contribution in [3.63, 3.8) is 0 Å². The van der Waals surface area contributed by atoms with Gasteiger partial charge in [0.1, 0.15) is 5.76 Å². The SMILES string of the molecule is CC(C)(CCCO)CNC(=O)NCc1ccco1. The summed E-state index contributed by atoms with van der Waals surface area (Å²) in [6, 6.07) is 3.39. The van der Waals surface area contributed by atoms with Crippen LogP contribution in [0, 0.1) is 5.41 Å². The molecule has 0 bridgehead atoms. The summed E-state index contributed by atoms with van der Waals surface area (Å²) < 4.78 is 5.11. The van der Waals surface area contributed by atoms with E-state index in [0.717, 1.165) is 18.6 Å². The first-order valence-electron chi connectivity index (χ1n) is 6.18. The summed E-state index contributed by atoms with van der Waals surface area (Å²) >= 11 is 0. The highest BCUT2D eigenvalue weighted by molar-refractivity contribution is 5.73. The van der Waals surface area contributed by atoms with E-state index in [4.69, 9.17) is 9.52 Å². The van der Waals surface area contributed by atoms with Gasteiger partial charge in [0.05, 0.1) is 12.8 Å². The number of urea groups is 1. The van der Waals surface area contributed by atoms with Crippen molar-refractivity contribution in [1.82, 2.24) is 10.6 Å². The number of aliphatic hydroxyl groups is 1. The maximum Gasteiger partial charge on any atom is 0.315 e. The lowest BCUT2D eigenvalue weighted by molar-refractivity contribution is 0.220. The minimum absolute atomic E-state index is 0.00917. The van der Waals surface area contributed by atoms with Crippen LogP contribution in [0.5, 0.6) is 0 Å². The highest BCUT2D eigenvalue weighted by Gasteiger charge is 2.18. The lowest BCUT2D eigenvalue weighted by atomic mass is 9.88. The average Bonchev–Trinajstić information content (AvgIpc) is 2.84. The molecular weight excluding hydrogens is 232 g/mol. The number of nitrogens with one attached hydrogen (secondary N) is 2. The normalized spacial score (nSPS) is 11.3. The third-order valence-corrected chi connectivity index (χ3v) is 2.74. The number of rotatable bonds is 7. The first-order chi connectivity index (χ1) is 8.53. The molecule has 1 aromatic rings. The van der Waals surface area contributed by atoms with Crippen LogP contribution in [0.3, 0.4) is 0 Å². The Balaban J connectivity index is 2.20. The number of carbonyl (C=O) groups is 1. The van der Waals surface area contributed by atoms with Crippen LogP contribution >= 0.6 is 0 Å².